The molecule has 4 aromatic rings. The van der Waals surface area contributed by atoms with Crippen molar-refractivity contribution >= 4 is 52.9 Å². The molecule has 0 bridgehead atoms. The quantitative estimate of drug-likeness (QED) is 0.128. The van der Waals surface area contributed by atoms with E-state index < -0.39 is 11.9 Å². The number of benzene rings is 4. The summed E-state index contributed by atoms with van der Waals surface area (Å²) in [5, 5.41) is 7.62. The van der Waals surface area contributed by atoms with Gasteiger partial charge in [0.25, 0.3) is 11.8 Å². The van der Waals surface area contributed by atoms with Crippen molar-refractivity contribution in [3.63, 3.8) is 0 Å². The van der Waals surface area contributed by atoms with Crippen LogP contribution in [0, 0.1) is 0 Å². The standard InChI is InChI=1S/C28H19Cl2N3O4/c29-22-10-6-20(7-11-22)28(36)37-25-15-12-23(30)16-21(25)17-31-33-27(35)19-8-13-24(14-9-19)32-26(34)18-4-2-1-3-5-18/h1-17H,(H,32,34)(H,33,35)/b31-17+. The molecule has 37 heavy (non-hydrogen) atoms. The van der Waals surface area contributed by atoms with Crippen molar-refractivity contribution in [3.8, 4) is 5.75 Å². The molecule has 0 fully saturated rings. The molecule has 0 heterocycles. The lowest BCUT2D eigenvalue weighted by molar-refractivity contribution is 0.0734. The number of carbonyl (C=O) groups is 3. The van der Waals surface area contributed by atoms with Crippen molar-refractivity contribution in [1.29, 1.82) is 0 Å². The molecule has 0 aliphatic rings. The van der Waals surface area contributed by atoms with E-state index in [4.69, 9.17) is 27.9 Å². The third-order valence-electron chi connectivity index (χ3n) is 5.07. The van der Waals surface area contributed by atoms with Gasteiger partial charge in [0.2, 0.25) is 0 Å². The van der Waals surface area contributed by atoms with Crippen LogP contribution in [0.15, 0.2) is 102 Å². The van der Waals surface area contributed by atoms with Crippen LogP contribution in [0.1, 0.15) is 36.6 Å². The Bertz CT molecular complexity index is 1460. The summed E-state index contributed by atoms with van der Waals surface area (Å²) in [5.74, 6) is -1.10. The smallest absolute Gasteiger partial charge is 0.343 e. The maximum absolute atomic E-state index is 12.5. The molecule has 2 N–H and O–H groups in total. The van der Waals surface area contributed by atoms with E-state index in [2.05, 4.69) is 15.8 Å². The molecule has 0 radical (unpaired) electrons. The van der Waals surface area contributed by atoms with Gasteiger partial charge in [0, 0.05) is 32.4 Å². The van der Waals surface area contributed by atoms with Crippen LogP contribution in [-0.4, -0.2) is 24.0 Å². The van der Waals surface area contributed by atoms with Crippen LogP contribution in [-0.2, 0) is 0 Å². The molecule has 0 aliphatic carbocycles. The van der Waals surface area contributed by atoms with E-state index in [1.54, 1.807) is 84.9 Å². The monoisotopic (exact) mass is 531 g/mol. The van der Waals surface area contributed by atoms with Gasteiger partial charge in [-0.05, 0) is 78.9 Å². The number of nitrogens with one attached hydrogen (secondary N) is 2. The summed E-state index contributed by atoms with van der Waals surface area (Å²) in [6.07, 6.45) is 1.32. The van der Waals surface area contributed by atoms with E-state index in [9.17, 15) is 14.4 Å². The van der Waals surface area contributed by atoms with Crippen LogP contribution in [0.2, 0.25) is 10.0 Å². The average Bonchev–Trinajstić information content (AvgIpc) is 2.91. The Kier molecular flexibility index (Phi) is 8.30. The Morgan fingerprint density at radius 1 is 0.703 bits per heavy atom. The van der Waals surface area contributed by atoms with Crippen molar-refractivity contribution in [2.24, 2.45) is 5.10 Å². The van der Waals surface area contributed by atoms with Gasteiger partial charge in [-0.15, -0.1) is 0 Å². The van der Waals surface area contributed by atoms with E-state index in [0.717, 1.165) is 0 Å². The van der Waals surface area contributed by atoms with Gasteiger partial charge in [-0.25, -0.2) is 10.2 Å². The first-order valence-electron chi connectivity index (χ1n) is 11.0. The predicted octanol–water partition coefficient (Wildman–Crippen LogP) is 6.23. The van der Waals surface area contributed by atoms with Crippen LogP contribution < -0.4 is 15.5 Å². The topological polar surface area (TPSA) is 96.9 Å². The normalized spacial score (nSPS) is 10.6. The number of amides is 2. The van der Waals surface area contributed by atoms with E-state index in [1.165, 1.54) is 12.3 Å². The molecular formula is C28H19Cl2N3O4. The maximum Gasteiger partial charge on any atom is 0.343 e. The fourth-order valence-corrected chi connectivity index (χ4v) is 3.49. The molecule has 0 saturated carbocycles. The van der Waals surface area contributed by atoms with Crippen LogP contribution in [0.3, 0.4) is 0 Å². The van der Waals surface area contributed by atoms with Crippen molar-refractivity contribution in [3.05, 3.63) is 129 Å². The number of nitrogens with zero attached hydrogens (tertiary/aromatic N) is 1. The molecule has 0 unspecified atom stereocenters. The summed E-state index contributed by atoms with van der Waals surface area (Å²) in [4.78, 5) is 37.2. The highest BCUT2D eigenvalue weighted by atomic mass is 35.5. The zero-order valence-corrected chi connectivity index (χ0v) is 20.7. The van der Waals surface area contributed by atoms with Gasteiger partial charge in [-0.2, -0.15) is 5.10 Å². The van der Waals surface area contributed by atoms with Gasteiger partial charge >= 0.3 is 5.97 Å². The zero-order valence-electron chi connectivity index (χ0n) is 19.2. The van der Waals surface area contributed by atoms with E-state index in [0.29, 0.717) is 38.0 Å². The summed E-state index contributed by atoms with van der Waals surface area (Å²) < 4.78 is 5.47. The Morgan fingerprint density at radius 3 is 2.03 bits per heavy atom. The maximum atomic E-state index is 12.5. The minimum Gasteiger partial charge on any atom is -0.422 e. The van der Waals surface area contributed by atoms with E-state index in [-0.39, 0.29) is 11.7 Å². The molecule has 9 heteroatoms. The summed E-state index contributed by atoms with van der Waals surface area (Å²) in [6, 6.07) is 26.1. The number of anilines is 1. The molecule has 7 nitrogen and oxygen atoms in total. The van der Waals surface area contributed by atoms with Gasteiger partial charge in [0.1, 0.15) is 5.75 Å². The van der Waals surface area contributed by atoms with Crippen LogP contribution >= 0.6 is 23.2 Å². The SMILES string of the molecule is O=C(N/N=C/c1cc(Cl)ccc1OC(=O)c1ccc(Cl)cc1)c1ccc(NC(=O)c2ccccc2)cc1. The van der Waals surface area contributed by atoms with Gasteiger partial charge in [-0.1, -0.05) is 41.4 Å². The largest absolute Gasteiger partial charge is 0.422 e. The molecule has 0 atom stereocenters. The highest BCUT2D eigenvalue weighted by molar-refractivity contribution is 6.31. The molecule has 0 saturated heterocycles. The second kappa shape index (κ2) is 12.0. The number of hydrogen-bond acceptors (Lipinski definition) is 5. The second-order valence-electron chi connectivity index (χ2n) is 7.68. The minimum absolute atomic E-state index is 0.209. The molecule has 184 valence electrons. The fraction of sp³-hybridized carbons (Fsp3) is 0. The number of hydrogen-bond donors (Lipinski definition) is 2. The summed E-state index contributed by atoms with van der Waals surface area (Å²) >= 11 is 11.9. The molecule has 4 aromatic carbocycles. The molecule has 2 amide bonds. The summed E-state index contributed by atoms with van der Waals surface area (Å²) in [5.41, 5.74) is 4.51. The lowest BCUT2D eigenvalue weighted by Crippen LogP contribution is -2.18. The van der Waals surface area contributed by atoms with Crippen LogP contribution in [0.25, 0.3) is 0 Å². The Morgan fingerprint density at radius 2 is 1.32 bits per heavy atom. The number of esters is 1. The molecule has 0 spiro atoms. The Balaban J connectivity index is 1.38. The van der Waals surface area contributed by atoms with Gasteiger partial charge in [0.05, 0.1) is 11.8 Å². The number of halogens is 2. The molecule has 0 aliphatic heterocycles. The van der Waals surface area contributed by atoms with Crippen molar-refractivity contribution < 1.29 is 19.1 Å². The summed E-state index contributed by atoms with van der Waals surface area (Å²) in [7, 11) is 0. The van der Waals surface area contributed by atoms with E-state index in [1.807, 2.05) is 6.07 Å². The van der Waals surface area contributed by atoms with Crippen molar-refractivity contribution in [1.82, 2.24) is 5.43 Å². The van der Waals surface area contributed by atoms with Gasteiger partial charge in [0.15, 0.2) is 0 Å². The minimum atomic E-state index is -0.586. The van der Waals surface area contributed by atoms with Crippen LogP contribution in [0.4, 0.5) is 5.69 Å². The van der Waals surface area contributed by atoms with Crippen molar-refractivity contribution in [2.75, 3.05) is 5.32 Å². The Labute approximate surface area is 222 Å². The van der Waals surface area contributed by atoms with Crippen molar-refractivity contribution in [2.45, 2.75) is 0 Å². The number of carbonyl (C=O) groups excluding carboxylic acids is 3. The number of rotatable bonds is 7. The third-order valence-corrected chi connectivity index (χ3v) is 5.55. The number of ether oxygens (including phenoxy) is 1. The third kappa shape index (κ3) is 7.04. The highest BCUT2D eigenvalue weighted by Crippen LogP contribution is 2.23. The Hall–Kier alpha value is -4.46. The first-order valence-corrected chi connectivity index (χ1v) is 11.7. The summed E-state index contributed by atoms with van der Waals surface area (Å²) in [6.45, 7) is 0. The highest BCUT2D eigenvalue weighted by Gasteiger charge is 2.12. The molecule has 4 rings (SSSR count). The predicted molar refractivity (Wildman–Crippen MR) is 144 cm³/mol. The van der Waals surface area contributed by atoms with Gasteiger partial charge in [-0.3, -0.25) is 9.59 Å². The first-order chi connectivity index (χ1) is 17.9. The second-order valence-corrected chi connectivity index (χ2v) is 8.55. The lowest BCUT2D eigenvalue weighted by atomic mass is 10.1. The van der Waals surface area contributed by atoms with E-state index >= 15 is 0 Å². The molecule has 0 aromatic heterocycles. The average molecular weight is 532 g/mol. The first kappa shape index (κ1) is 25.6. The number of hydrazone groups is 1. The lowest BCUT2D eigenvalue weighted by Gasteiger charge is -2.08. The zero-order chi connectivity index (χ0) is 26.2. The van der Waals surface area contributed by atoms with Gasteiger partial charge < -0.3 is 10.1 Å². The van der Waals surface area contributed by atoms with Crippen LogP contribution in [0.5, 0.6) is 5.75 Å². The fourth-order valence-electron chi connectivity index (χ4n) is 3.18. The molecular weight excluding hydrogens is 513 g/mol.